The molecule has 0 aliphatic rings. The van der Waals surface area contributed by atoms with Crippen LogP contribution in [0.5, 0.6) is 11.5 Å². The lowest BCUT2D eigenvalue weighted by molar-refractivity contribution is -0.129. The van der Waals surface area contributed by atoms with Gasteiger partial charge in [-0.1, -0.05) is 12.1 Å². The number of hydrogen-bond donors (Lipinski definition) is 0. The molecular weight excluding hydrogens is 396 g/mol. The highest BCUT2D eigenvalue weighted by molar-refractivity contribution is 7.20. The lowest BCUT2D eigenvalue weighted by atomic mass is 9.99. The van der Waals surface area contributed by atoms with E-state index in [0.717, 1.165) is 43.2 Å². The van der Waals surface area contributed by atoms with Crippen molar-refractivity contribution in [1.29, 1.82) is 0 Å². The van der Waals surface area contributed by atoms with Crippen molar-refractivity contribution < 1.29 is 19.1 Å². The van der Waals surface area contributed by atoms with E-state index in [1.807, 2.05) is 50.2 Å². The van der Waals surface area contributed by atoms with Crippen molar-refractivity contribution in [1.82, 2.24) is 0 Å². The van der Waals surface area contributed by atoms with Crippen molar-refractivity contribution in [2.24, 2.45) is 0 Å². The van der Waals surface area contributed by atoms with Crippen molar-refractivity contribution >= 4 is 33.0 Å². The van der Waals surface area contributed by atoms with E-state index in [-0.39, 0.29) is 11.6 Å². The van der Waals surface area contributed by atoms with Gasteiger partial charge < -0.3 is 9.47 Å². The molecule has 2 aromatic carbocycles. The van der Waals surface area contributed by atoms with Crippen LogP contribution in [0.1, 0.15) is 53.6 Å². The number of fused-ring (bicyclic) bond motifs is 1. The number of rotatable bonds is 8. The van der Waals surface area contributed by atoms with E-state index in [9.17, 15) is 9.59 Å². The summed E-state index contributed by atoms with van der Waals surface area (Å²) in [7, 11) is 1.64. The second-order valence-electron chi connectivity index (χ2n) is 8.16. The number of carbonyl (C=O) groups excluding carboxylic acids is 2. The quantitative estimate of drug-likeness (QED) is 0.411. The van der Waals surface area contributed by atoms with Crippen LogP contribution in [0.3, 0.4) is 0 Å². The lowest BCUT2D eigenvalue weighted by Crippen LogP contribution is -2.36. The minimum Gasteiger partial charge on any atom is -0.497 e. The first-order valence-electron chi connectivity index (χ1n) is 10.0. The normalized spacial score (nSPS) is 11.5. The van der Waals surface area contributed by atoms with E-state index in [1.165, 1.54) is 18.3 Å². The van der Waals surface area contributed by atoms with Gasteiger partial charge in [-0.15, -0.1) is 11.3 Å². The number of ether oxygens (including phenoxy) is 2. The lowest BCUT2D eigenvalue weighted by Gasteiger charge is -2.26. The molecule has 0 amide bonds. The molecule has 0 atom stereocenters. The molecule has 0 radical (unpaired) electrons. The predicted molar refractivity (Wildman–Crippen MR) is 122 cm³/mol. The Hall–Kier alpha value is -2.66. The number of benzene rings is 2. The molecule has 0 aliphatic heterocycles. The Morgan fingerprint density at radius 1 is 1.03 bits per heavy atom. The number of thiophene rings is 1. The van der Waals surface area contributed by atoms with Gasteiger partial charge in [-0.25, -0.2) is 0 Å². The van der Waals surface area contributed by atoms with Gasteiger partial charge in [0.15, 0.2) is 17.2 Å². The third-order valence-electron chi connectivity index (χ3n) is 5.36. The first kappa shape index (κ1) is 22.0. The largest absolute Gasteiger partial charge is 0.497 e. The van der Waals surface area contributed by atoms with Crippen LogP contribution in [0.25, 0.3) is 10.1 Å². The molecule has 0 unspecified atom stereocenters. The summed E-state index contributed by atoms with van der Waals surface area (Å²) in [6, 6.07) is 11.9. The van der Waals surface area contributed by atoms with Crippen LogP contribution in [0.2, 0.25) is 0 Å². The fraction of sp³-hybridized carbons (Fsp3) is 0.360. The molecule has 0 fully saturated rings. The molecule has 4 nitrogen and oxygen atoms in total. The van der Waals surface area contributed by atoms with Crippen molar-refractivity contribution in [3.8, 4) is 11.5 Å². The zero-order valence-electron chi connectivity index (χ0n) is 18.4. The molecule has 0 spiro atoms. The van der Waals surface area contributed by atoms with E-state index < -0.39 is 5.60 Å². The molecule has 0 bridgehead atoms. The Labute approximate surface area is 181 Å². The van der Waals surface area contributed by atoms with Crippen molar-refractivity contribution in [3.63, 3.8) is 0 Å². The second-order valence-corrected chi connectivity index (χ2v) is 9.25. The molecule has 3 rings (SSSR count). The van der Waals surface area contributed by atoms with Gasteiger partial charge in [0.2, 0.25) is 0 Å². The highest BCUT2D eigenvalue weighted by atomic mass is 32.1. The first-order chi connectivity index (χ1) is 14.1. The third-order valence-corrected chi connectivity index (χ3v) is 6.52. The summed E-state index contributed by atoms with van der Waals surface area (Å²) in [6.07, 6.45) is 1.11. The Kier molecular flexibility index (Phi) is 6.32. The monoisotopic (exact) mass is 424 g/mol. The molecule has 0 aliphatic carbocycles. The molecule has 30 heavy (non-hydrogen) atoms. The van der Waals surface area contributed by atoms with Crippen molar-refractivity contribution in [2.75, 3.05) is 7.11 Å². The molecule has 3 aromatic rings. The summed E-state index contributed by atoms with van der Waals surface area (Å²) in [5.41, 5.74) is 2.17. The van der Waals surface area contributed by atoms with Crippen molar-refractivity contribution in [3.05, 3.63) is 58.0 Å². The minimum atomic E-state index is -0.864. The van der Waals surface area contributed by atoms with E-state index in [1.54, 1.807) is 21.0 Å². The van der Waals surface area contributed by atoms with Gasteiger partial charge in [0.05, 0.1) is 12.0 Å². The van der Waals surface area contributed by atoms with E-state index >= 15 is 0 Å². The topological polar surface area (TPSA) is 52.6 Å². The molecule has 0 saturated heterocycles. The summed E-state index contributed by atoms with van der Waals surface area (Å²) in [5.74, 6) is 1.66. The number of hydrogen-bond acceptors (Lipinski definition) is 5. The number of Topliss-reactive ketones (excluding diaryl/α,β-unsaturated/α-hetero) is 2. The SMILES string of the molecule is COc1ccc2sc(C(=O)CCc3cc(C)c(OC(C)(C)C(C)=O)c(C)c3)cc2c1. The number of methoxy groups -OCH3 is 1. The molecule has 158 valence electrons. The van der Waals surface area contributed by atoms with Gasteiger partial charge in [0, 0.05) is 11.1 Å². The van der Waals surface area contributed by atoms with Crippen LogP contribution >= 0.6 is 11.3 Å². The third kappa shape index (κ3) is 4.73. The van der Waals surface area contributed by atoms with Crippen LogP contribution in [-0.2, 0) is 11.2 Å². The number of aryl methyl sites for hydroxylation is 3. The summed E-state index contributed by atoms with van der Waals surface area (Å²) in [6.45, 7) is 9.05. The summed E-state index contributed by atoms with van der Waals surface area (Å²) >= 11 is 1.52. The van der Waals surface area contributed by atoms with Gasteiger partial charge >= 0.3 is 0 Å². The summed E-state index contributed by atoms with van der Waals surface area (Å²) < 4.78 is 12.3. The van der Waals surface area contributed by atoms with Crippen LogP contribution in [0, 0.1) is 13.8 Å². The first-order valence-corrected chi connectivity index (χ1v) is 10.8. The van der Waals surface area contributed by atoms with Crippen LogP contribution < -0.4 is 9.47 Å². The van der Waals surface area contributed by atoms with E-state index in [2.05, 4.69) is 0 Å². The van der Waals surface area contributed by atoms with Crippen LogP contribution in [-0.4, -0.2) is 24.3 Å². The predicted octanol–water partition coefficient (Wildman–Crippen LogP) is 6.09. The van der Waals surface area contributed by atoms with Gasteiger partial charge in [-0.05, 0) is 87.4 Å². The van der Waals surface area contributed by atoms with Gasteiger partial charge in [0.25, 0.3) is 0 Å². The zero-order chi connectivity index (χ0) is 22.1. The maximum Gasteiger partial charge on any atom is 0.173 e. The summed E-state index contributed by atoms with van der Waals surface area (Å²) in [5, 5.41) is 1.03. The van der Waals surface area contributed by atoms with Crippen molar-refractivity contribution in [2.45, 2.75) is 53.1 Å². The smallest absolute Gasteiger partial charge is 0.173 e. The number of ketones is 2. The minimum absolute atomic E-state index is 0.0167. The maximum absolute atomic E-state index is 12.8. The standard InChI is InChI=1S/C25H28O4S/c1-15-11-18(12-16(2)24(15)29-25(4,5)17(3)26)7-9-21(27)23-14-19-13-20(28-6)8-10-22(19)30-23/h8,10-14H,7,9H2,1-6H3. The highest BCUT2D eigenvalue weighted by Gasteiger charge is 2.27. The fourth-order valence-corrected chi connectivity index (χ4v) is 4.35. The summed E-state index contributed by atoms with van der Waals surface area (Å²) in [4.78, 5) is 25.3. The average Bonchev–Trinajstić information content (AvgIpc) is 3.12. The van der Waals surface area contributed by atoms with Crippen LogP contribution in [0.15, 0.2) is 36.4 Å². The molecule has 5 heteroatoms. The zero-order valence-corrected chi connectivity index (χ0v) is 19.2. The number of carbonyl (C=O) groups is 2. The average molecular weight is 425 g/mol. The molecule has 0 N–H and O–H groups in total. The van der Waals surface area contributed by atoms with Gasteiger partial charge in [-0.2, -0.15) is 0 Å². The molecule has 0 saturated carbocycles. The maximum atomic E-state index is 12.8. The van der Waals surface area contributed by atoms with Crippen LogP contribution in [0.4, 0.5) is 0 Å². The van der Waals surface area contributed by atoms with Gasteiger partial charge in [-0.3, -0.25) is 9.59 Å². The van der Waals surface area contributed by atoms with E-state index in [0.29, 0.717) is 12.8 Å². The Morgan fingerprint density at radius 2 is 1.70 bits per heavy atom. The second kappa shape index (κ2) is 8.60. The molecular formula is C25H28O4S. The Morgan fingerprint density at radius 3 is 2.30 bits per heavy atom. The Balaban J connectivity index is 1.72. The Bertz CT molecular complexity index is 1080. The molecule has 1 aromatic heterocycles. The van der Waals surface area contributed by atoms with Gasteiger partial charge in [0.1, 0.15) is 11.5 Å². The fourth-order valence-electron chi connectivity index (χ4n) is 3.34. The van der Waals surface area contributed by atoms with E-state index in [4.69, 9.17) is 9.47 Å². The molecule has 1 heterocycles. The highest BCUT2D eigenvalue weighted by Crippen LogP contribution is 2.31.